The number of halogens is 2. The van der Waals surface area contributed by atoms with Crippen LogP contribution < -0.4 is 5.32 Å². The van der Waals surface area contributed by atoms with Gasteiger partial charge in [-0.1, -0.05) is 11.6 Å². The molecule has 0 aromatic heterocycles. The molecule has 1 aliphatic rings. The molecule has 1 N–H and O–H groups in total. The Labute approximate surface area is 127 Å². The van der Waals surface area contributed by atoms with Crippen LogP contribution in [-0.4, -0.2) is 29.9 Å². The van der Waals surface area contributed by atoms with Crippen LogP contribution in [0.25, 0.3) is 0 Å². The molecule has 5 heteroatoms. The van der Waals surface area contributed by atoms with Crippen LogP contribution in [0.4, 0.5) is 5.69 Å². The Morgan fingerprint density at radius 2 is 2.05 bits per heavy atom. The average molecular weight is 346 g/mol. The van der Waals surface area contributed by atoms with E-state index in [1.165, 1.54) is 0 Å². The van der Waals surface area contributed by atoms with Crippen molar-refractivity contribution in [2.24, 2.45) is 0 Å². The van der Waals surface area contributed by atoms with Crippen molar-refractivity contribution in [2.75, 3.05) is 18.4 Å². The summed E-state index contributed by atoms with van der Waals surface area (Å²) in [6.45, 7) is 5.26. The van der Waals surface area contributed by atoms with Crippen molar-refractivity contribution in [3.8, 4) is 0 Å². The fourth-order valence-electron chi connectivity index (χ4n) is 2.32. The highest BCUT2D eigenvalue weighted by Crippen LogP contribution is 2.30. The molecular formula is C14H18BrClN2O. The number of benzene rings is 1. The Morgan fingerprint density at radius 1 is 1.42 bits per heavy atom. The first kappa shape index (κ1) is 14.7. The molecule has 0 saturated carbocycles. The second kappa shape index (κ2) is 6.14. The van der Waals surface area contributed by atoms with Gasteiger partial charge in [0.15, 0.2) is 0 Å². The van der Waals surface area contributed by atoms with Crippen LogP contribution in [-0.2, 0) is 4.79 Å². The number of carbonyl (C=O) groups excluding carboxylic acids is 1. The van der Waals surface area contributed by atoms with Crippen LogP contribution in [0, 0.1) is 6.92 Å². The third-order valence-corrected chi connectivity index (χ3v) is 4.61. The fraction of sp³-hybridized carbons (Fsp3) is 0.500. The van der Waals surface area contributed by atoms with E-state index in [0.29, 0.717) is 6.04 Å². The average Bonchev–Trinajstić information content (AvgIpc) is 2.36. The lowest BCUT2D eigenvalue weighted by Gasteiger charge is -2.32. The van der Waals surface area contributed by atoms with E-state index in [2.05, 4.69) is 21.2 Å². The zero-order chi connectivity index (χ0) is 14.0. The molecule has 1 saturated heterocycles. The van der Waals surface area contributed by atoms with E-state index in [1.54, 1.807) is 6.92 Å². The highest BCUT2D eigenvalue weighted by atomic mass is 79.9. The Kier molecular flexibility index (Phi) is 4.74. The van der Waals surface area contributed by atoms with Gasteiger partial charge in [-0.25, -0.2) is 0 Å². The smallest absolute Gasteiger partial charge is 0.219 e. The summed E-state index contributed by atoms with van der Waals surface area (Å²) in [7, 11) is 0. The highest BCUT2D eigenvalue weighted by molar-refractivity contribution is 9.10. The fourth-order valence-corrected chi connectivity index (χ4v) is 3.05. The number of rotatable bonds is 2. The van der Waals surface area contributed by atoms with E-state index in [4.69, 9.17) is 11.6 Å². The molecule has 2 rings (SSSR count). The number of amides is 1. The maximum absolute atomic E-state index is 11.3. The molecule has 0 radical (unpaired) electrons. The molecular weight excluding hydrogens is 328 g/mol. The molecule has 19 heavy (non-hydrogen) atoms. The molecule has 0 unspecified atom stereocenters. The van der Waals surface area contributed by atoms with Crippen LogP contribution in [0.1, 0.15) is 25.3 Å². The SMILES string of the molecule is CC(=O)N1CCC(Nc2cc(Cl)c(C)cc2Br)CC1. The largest absolute Gasteiger partial charge is 0.381 e. The van der Waals surface area contributed by atoms with Crippen molar-refractivity contribution in [1.82, 2.24) is 4.90 Å². The lowest BCUT2D eigenvalue weighted by Crippen LogP contribution is -2.41. The van der Waals surface area contributed by atoms with Gasteiger partial charge in [0.2, 0.25) is 5.91 Å². The third kappa shape index (κ3) is 3.63. The van der Waals surface area contributed by atoms with Crippen LogP contribution in [0.2, 0.25) is 5.02 Å². The van der Waals surface area contributed by atoms with E-state index in [0.717, 1.165) is 46.7 Å². The Hall–Kier alpha value is -0.740. The zero-order valence-corrected chi connectivity index (χ0v) is 13.5. The predicted molar refractivity (Wildman–Crippen MR) is 82.8 cm³/mol. The maximum atomic E-state index is 11.3. The van der Waals surface area contributed by atoms with Gasteiger partial charge in [0, 0.05) is 35.6 Å². The standard InChI is InChI=1S/C14H18BrClN2O/c1-9-7-12(15)14(8-13(9)16)17-11-3-5-18(6-4-11)10(2)19/h7-8,11,17H,3-6H2,1-2H3. The first-order valence-corrected chi connectivity index (χ1v) is 7.62. The van der Waals surface area contributed by atoms with E-state index >= 15 is 0 Å². The van der Waals surface area contributed by atoms with Crippen molar-refractivity contribution in [3.05, 3.63) is 27.2 Å². The van der Waals surface area contributed by atoms with E-state index < -0.39 is 0 Å². The summed E-state index contributed by atoms with van der Waals surface area (Å²) in [6.07, 6.45) is 1.94. The van der Waals surface area contributed by atoms with Crippen LogP contribution in [0.5, 0.6) is 0 Å². The highest BCUT2D eigenvalue weighted by Gasteiger charge is 2.21. The Morgan fingerprint density at radius 3 is 2.63 bits per heavy atom. The van der Waals surface area contributed by atoms with Gasteiger partial charge < -0.3 is 10.2 Å². The number of hydrogen-bond donors (Lipinski definition) is 1. The van der Waals surface area contributed by atoms with Crippen molar-refractivity contribution < 1.29 is 4.79 Å². The van der Waals surface area contributed by atoms with Gasteiger partial charge in [-0.15, -0.1) is 0 Å². The van der Waals surface area contributed by atoms with Crippen LogP contribution >= 0.6 is 27.5 Å². The number of hydrogen-bond acceptors (Lipinski definition) is 2. The van der Waals surface area contributed by atoms with Crippen molar-refractivity contribution in [2.45, 2.75) is 32.7 Å². The summed E-state index contributed by atoms with van der Waals surface area (Å²) < 4.78 is 1.03. The summed E-state index contributed by atoms with van der Waals surface area (Å²) in [6, 6.07) is 4.37. The molecule has 0 atom stereocenters. The molecule has 1 fully saturated rings. The van der Waals surface area contributed by atoms with E-state index in [-0.39, 0.29) is 5.91 Å². The number of carbonyl (C=O) groups is 1. The number of likely N-dealkylation sites (tertiary alicyclic amines) is 1. The Bertz CT molecular complexity index is 485. The number of piperidine rings is 1. The lowest BCUT2D eigenvalue weighted by molar-refractivity contribution is -0.129. The summed E-state index contributed by atoms with van der Waals surface area (Å²) in [5, 5.41) is 4.28. The Balaban J connectivity index is 1.99. The predicted octanol–water partition coefficient (Wildman–Crippen LogP) is 3.83. The third-order valence-electron chi connectivity index (χ3n) is 3.55. The van der Waals surface area contributed by atoms with Gasteiger partial charge in [0.1, 0.15) is 0 Å². The van der Waals surface area contributed by atoms with Gasteiger partial charge in [0.05, 0.1) is 5.69 Å². The van der Waals surface area contributed by atoms with Crippen LogP contribution in [0.15, 0.2) is 16.6 Å². The molecule has 0 aliphatic carbocycles. The molecule has 0 spiro atoms. The lowest BCUT2D eigenvalue weighted by atomic mass is 10.0. The first-order valence-electron chi connectivity index (χ1n) is 6.45. The molecule has 1 aromatic rings. The van der Waals surface area contributed by atoms with E-state index in [1.807, 2.05) is 24.0 Å². The maximum Gasteiger partial charge on any atom is 0.219 e. The molecule has 1 aliphatic heterocycles. The van der Waals surface area contributed by atoms with Gasteiger partial charge in [0.25, 0.3) is 0 Å². The van der Waals surface area contributed by atoms with Crippen molar-refractivity contribution in [1.29, 1.82) is 0 Å². The second-order valence-corrected chi connectivity index (χ2v) is 6.27. The number of nitrogens with zero attached hydrogens (tertiary/aromatic N) is 1. The number of aryl methyl sites for hydroxylation is 1. The van der Waals surface area contributed by atoms with Crippen LogP contribution in [0.3, 0.4) is 0 Å². The van der Waals surface area contributed by atoms with Gasteiger partial charge in [-0.3, -0.25) is 4.79 Å². The zero-order valence-electron chi connectivity index (χ0n) is 11.2. The first-order chi connectivity index (χ1) is 8.97. The van der Waals surface area contributed by atoms with Gasteiger partial charge in [-0.05, 0) is 53.4 Å². The summed E-state index contributed by atoms with van der Waals surface area (Å²) in [4.78, 5) is 13.2. The minimum Gasteiger partial charge on any atom is -0.381 e. The molecule has 1 aromatic carbocycles. The number of anilines is 1. The van der Waals surface area contributed by atoms with Crippen molar-refractivity contribution in [3.63, 3.8) is 0 Å². The minimum absolute atomic E-state index is 0.165. The van der Waals surface area contributed by atoms with Gasteiger partial charge >= 0.3 is 0 Å². The molecule has 3 nitrogen and oxygen atoms in total. The summed E-state index contributed by atoms with van der Waals surface area (Å²) in [5.41, 5.74) is 2.09. The van der Waals surface area contributed by atoms with Crippen molar-refractivity contribution >= 4 is 39.1 Å². The quantitative estimate of drug-likeness (QED) is 0.883. The number of nitrogens with one attached hydrogen (secondary N) is 1. The summed E-state index contributed by atoms with van der Waals surface area (Å²) in [5.74, 6) is 0.165. The molecule has 1 amide bonds. The minimum atomic E-state index is 0.165. The monoisotopic (exact) mass is 344 g/mol. The molecule has 1 heterocycles. The normalized spacial score (nSPS) is 16.5. The molecule has 0 bridgehead atoms. The topological polar surface area (TPSA) is 32.3 Å². The summed E-state index contributed by atoms with van der Waals surface area (Å²) >= 11 is 9.71. The van der Waals surface area contributed by atoms with Gasteiger partial charge in [-0.2, -0.15) is 0 Å². The molecule has 104 valence electrons. The second-order valence-electron chi connectivity index (χ2n) is 5.01. The van der Waals surface area contributed by atoms with E-state index in [9.17, 15) is 4.79 Å².